The van der Waals surface area contributed by atoms with Crippen molar-refractivity contribution in [2.24, 2.45) is 5.73 Å². The molecular formula is C11H15ClF3NO. The molecule has 1 atom stereocenters. The summed E-state index contributed by atoms with van der Waals surface area (Å²) in [4.78, 5) is 0. The van der Waals surface area contributed by atoms with Crippen LogP contribution >= 0.6 is 12.4 Å². The molecule has 1 rings (SSSR count). The number of alkyl halides is 3. The van der Waals surface area contributed by atoms with Crippen LogP contribution in [0.1, 0.15) is 31.4 Å². The second-order valence-electron chi connectivity index (χ2n) is 3.48. The van der Waals surface area contributed by atoms with Crippen molar-refractivity contribution in [3.8, 4) is 5.75 Å². The van der Waals surface area contributed by atoms with E-state index in [1.165, 1.54) is 12.1 Å². The first-order valence-electron chi connectivity index (χ1n) is 5.04. The predicted molar refractivity (Wildman–Crippen MR) is 62.2 cm³/mol. The van der Waals surface area contributed by atoms with Gasteiger partial charge in [-0.2, -0.15) is 0 Å². The van der Waals surface area contributed by atoms with Gasteiger partial charge in [-0.1, -0.05) is 31.5 Å². The number of hydrogen-bond donors (Lipinski definition) is 1. The Morgan fingerprint density at radius 3 is 2.41 bits per heavy atom. The highest BCUT2D eigenvalue weighted by Crippen LogP contribution is 2.30. The molecule has 0 amide bonds. The summed E-state index contributed by atoms with van der Waals surface area (Å²) in [7, 11) is 0. The zero-order valence-corrected chi connectivity index (χ0v) is 10.1. The summed E-state index contributed by atoms with van der Waals surface area (Å²) < 4.78 is 40.2. The van der Waals surface area contributed by atoms with E-state index in [4.69, 9.17) is 5.73 Å². The predicted octanol–water partition coefficient (Wildman–Crippen LogP) is 3.81. The number of halogens is 4. The van der Waals surface area contributed by atoms with Crippen molar-refractivity contribution < 1.29 is 17.9 Å². The van der Waals surface area contributed by atoms with Gasteiger partial charge in [-0.05, 0) is 12.5 Å². The van der Waals surface area contributed by atoms with Crippen molar-refractivity contribution >= 4 is 12.4 Å². The Labute approximate surface area is 104 Å². The van der Waals surface area contributed by atoms with Crippen molar-refractivity contribution in [2.75, 3.05) is 0 Å². The van der Waals surface area contributed by atoms with E-state index in [0.29, 0.717) is 12.0 Å². The van der Waals surface area contributed by atoms with Crippen LogP contribution in [0.3, 0.4) is 0 Å². The maximum Gasteiger partial charge on any atom is 0.573 e. The van der Waals surface area contributed by atoms with Crippen LogP contribution in [-0.4, -0.2) is 6.36 Å². The Bertz CT molecular complexity index is 344. The van der Waals surface area contributed by atoms with Crippen molar-refractivity contribution in [2.45, 2.75) is 32.2 Å². The van der Waals surface area contributed by atoms with Gasteiger partial charge in [0.25, 0.3) is 0 Å². The molecule has 0 aromatic heterocycles. The smallest absolute Gasteiger partial charge is 0.405 e. The minimum Gasteiger partial charge on any atom is -0.405 e. The van der Waals surface area contributed by atoms with Gasteiger partial charge in [0.15, 0.2) is 0 Å². The van der Waals surface area contributed by atoms with Crippen LogP contribution in [0.2, 0.25) is 0 Å². The second-order valence-corrected chi connectivity index (χ2v) is 3.48. The molecule has 0 bridgehead atoms. The Hall–Kier alpha value is -0.940. The molecule has 6 heteroatoms. The van der Waals surface area contributed by atoms with Crippen molar-refractivity contribution in [3.63, 3.8) is 0 Å². The van der Waals surface area contributed by atoms with Crippen LogP contribution in [0.25, 0.3) is 0 Å². The van der Waals surface area contributed by atoms with Crippen LogP contribution in [-0.2, 0) is 0 Å². The number of para-hydroxylation sites is 1. The highest BCUT2D eigenvalue weighted by molar-refractivity contribution is 5.85. The lowest BCUT2D eigenvalue weighted by atomic mass is 10.0. The molecule has 0 aliphatic carbocycles. The van der Waals surface area contributed by atoms with Gasteiger partial charge in [-0.3, -0.25) is 0 Å². The summed E-state index contributed by atoms with van der Waals surface area (Å²) >= 11 is 0. The quantitative estimate of drug-likeness (QED) is 0.902. The Morgan fingerprint density at radius 2 is 1.88 bits per heavy atom. The van der Waals surface area contributed by atoms with E-state index >= 15 is 0 Å². The lowest BCUT2D eigenvalue weighted by Crippen LogP contribution is -2.20. The molecule has 0 aliphatic heterocycles. The third-order valence-corrected chi connectivity index (χ3v) is 2.14. The average molecular weight is 270 g/mol. The highest BCUT2D eigenvalue weighted by Gasteiger charge is 2.32. The van der Waals surface area contributed by atoms with E-state index in [-0.39, 0.29) is 18.2 Å². The summed E-state index contributed by atoms with van der Waals surface area (Å²) in [6.07, 6.45) is -3.25. The van der Waals surface area contributed by atoms with Crippen molar-refractivity contribution in [1.82, 2.24) is 0 Å². The van der Waals surface area contributed by atoms with Crippen LogP contribution < -0.4 is 10.5 Å². The van der Waals surface area contributed by atoms with Crippen LogP contribution in [0.4, 0.5) is 13.2 Å². The van der Waals surface area contributed by atoms with E-state index < -0.39 is 12.4 Å². The first kappa shape index (κ1) is 16.1. The summed E-state index contributed by atoms with van der Waals surface area (Å²) in [5.74, 6) is -0.212. The molecule has 0 heterocycles. The molecule has 2 nitrogen and oxygen atoms in total. The molecule has 0 aliphatic rings. The topological polar surface area (TPSA) is 35.2 Å². The third-order valence-electron chi connectivity index (χ3n) is 2.14. The van der Waals surface area contributed by atoms with Gasteiger partial charge >= 0.3 is 6.36 Å². The molecule has 0 fully saturated rings. The summed E-state index contributed by atoms with van der Waals surface area (Å²) in [5.41, 5.74) is 6.17. The zero-order valence-electron chi connectivity index (χ0n) is 9.33. The fraction of sp³-hybridized carbons (Fsp3) is 0.455. The van der Waals surface area contributed by atoms with Crippen LogP contribution in [0.15, 0.2) is 24.3 Å². The highest BCUT2D eigenvalue weighted by atomic mass is 35.5. The van der Waals surface area contributed by atoms with Crippen molar-refractivity contribution in [1.29, 1.82) is 0 Å². The second kappa shape index (κ2) is 6.71. The molecule has 1 aromatic rings. The standard InChI is InChI=1S/C11H14F3NO.ClH/c1-2-5-9(15)8-6-3-4-7-10(8)16-11(12,13)14;/h3-4,6-7,9H,2,5,15H2,1H3;1H/t9-;/m0./s1. The molecule has 98 valence electrons. The maximum absolute atomic E-state index is 12.1. The molecule has 1 aromatic carbocycles. The first-order valence-corrected chi connectivity index (χ1v) is 5.04. The molecule has 17 heavy (non-hydrogen) atoms. The average Bonchev–Trinajstić information content (AvgIpc) is 2.16. The largest absolute Gasteiger partial charge is 0.573 e. The first-order chi connectivity index (χ1) is 7.44. The fourth-order valence-corrected chi connectivity index (χ4v) is 1.47. The number of hydrogen-bond acceptors (Lipinski definition) is 2. The number of ether oxygens (including phenoxy) is 1. The van der Waals surface area contributed by atoms with Gasteiger partial charge in [-0.15, -0.1) is 25.6 Å². The van der Waals surface area contributed by atoms with Gasteiger partial charge in [0.05, 0.1) is 0 Å². The lowest BCUT2D eigenvalue weighted by molar-refractivity contribution is -0.275. The minimum absolute atomic E-state index is 0. The van der Waals surface area contributed by atoms with E-state index in [9.17, 15) is 13.2 Å². The maximum atomic E-state index is 12.1. The van der Waals surface area contributed by atoms with Gasteiger partial charge in [0, 0.05) is 11.6 Å². The van der Waals surface area contributed by atoms with E-state index in [0.717, 1.165) is 6.42 Å². The normalized spacial score (nSPS) is 12.8. The number of benzene rings is 1. The third kappa shape index (κ3) is 5.28. The summed E-state index contributed by atoms with van der Waals surface area (Å²) in [6, 6.07) is 5.54. The minimum atomic E-state index is -4.68. The Balaban J connectivity index is 0.00000256. The molecule has 0 saturated heterocycles. The monoisotopic (exact) mass is 269 g/mol. The van der Waals surface area contributed by atoms with Crippen LogP contribution in [0, 0.1) is 0 Å². The van der Waals surface area contributed by atoms with Crippen molar-refractivity contribution in [3.05, 3.63) is 29.8 Å². The van der Waals surface area contributed by atoms with Gasteiger partial charge in [-0.25, -0.2) is 0 Å². The number of rotatable bonds is 4. The molecule has 0 spiro atoms. The fourth-order valence-electron chi connectivity index (χ4n) is 1.47. The SMILES string of the molecule is CCC[C@H](N)c1ccccc1OC(F)(F)F.Cl. The molecular weight excluding hydrogens is 255 g/mol. The van der Waals surface area contributed by atoms with E-state index in [1.807, 2.05) is 6.92 Å². The summed E-state index contributed by atoms with van der Waals surface area (Å²) in [5, 5.41) is 0. The number of nitrogens with two attached hydrogens (primary N) is 1. The van der Waals surface area contributed by atoms with E-state index in [2.05, 4.69) is 4.74 Å². The van der Waals surface area contributed by atoms with Gasteiger partial charge < -0.3 is 10.5 Å². The molecule has 0 saturated carbocycles. The Morgan fingerprint density at radius 1 is 1.29 bits per heavy atom. The molecule has 0 unspecified atom stereocenters. The zero-order chi connectivity index (χ0) is 12.2. The van der Waals surface area contributed by atoms with Gasteiger partial charge in [0.2, 0.25) is 0 Å². The molecule has 2 N–H and O–H groups in total. The Kier molecular flexibility index (Phi) is 6.34. The van der Waals surface area contributed by atoms with E-state index in [1.54, 1.807) is 12.1 Å². The van der Waals surface area contributed by atoms with Crippen LogP contribution in [0.5, 0.6) is 5.75 Å². The molecule has 0 radical (unpaired) electrons. The summed E-state index contributed by atoms with van der Waals surface area (Å²) in [6.45, 7) is 1.92. The van der Waals surface area contributed by atoms with Gasteiger partial charge in [0.1, 0.15) is 5.75 Å². The lowest BCUT2D eigenvalue weighted by Gasteiger charge is -2.17.